The number of aliphatic hydroxyl groups is 1. The molecule has 1 heterocycles. The summed E-state index contributed by atoms with van der Waals surface area (Å²) in [6.45, 7) is -1.48. The number of carbonyl (C=O) groups is 1. The summed E-state index contributed by atoms with van der Waals surface area (Å²) in [7, 11) is 0. The van der Waals surface area contributed by atoms with E-state index in [0.717, 1.165) is 0 Å². The molecular formula is C7H10F3NO3. The number of likely N-dealkylation sites (tertiary alicyclic amines) is 1. The molecule has 7 heteroatoms. The summed E-state index contributed by atoms with van der Waals surface area (Å²) < 4.78 is 36.9. The lowest BCUT2D eigenvalue weighted by Gasteiger charge is -2.18. The highest BCUT2D eigenvalue weighted by molar-refractivity contribution is 5.65. The first kappa shape index (κ1) is 11.1. The van der Waals surface area contributed by atoms with Crippen molar-refractivity contribution in [1.29, 1.82) is 0 Å². The molecule has 0 aromatic heterocycles. The SMILES string of the molecule is O=C(O)N1C[C@@H](CO)[C@H](C(F)(F)F)C1. The third-order valence-electron chi connectivity index (χ3n) is 2.37. The van der Waals surface area contributed by atoms with Crippen LogP contribution in [0.25, 0.3) is 0 Å². The van der Waals surface area contributed by atoms with Crippen molar-refractivity contribution in [3.05, 3.63) is 0 Å². The molecule has 1 saturated heterocycles. The minimum Gasteiger partial charge on any atom is -0.465 e. The van der Waals surface area contributed by atoms with Crippen LogP contribution in [0.15, 0.2) is 0 Å². The topological polar surface area (TPSA) is 60.8 Å². The van der Waals surface area contributed by atoms with Crippen LogP contribution in [0.4, 0.5) is 18.0 Å². The van der Waals surface area contributed by atoms with Gasteiger partial charge >= 0.3 is 12.3 Å². The van der Waals surface area contributed by atoms with E-state index in [1.165, 1.54) is 0 Å². The molecule has 4 nitrogen and oxygen atoms in total. The second-order valence-corrected chi connectivity index (χ2v) is 3.28. The van der Waals surface area contributed by atoms with Crippen LogP contribution in [-0.2, 0) is 0 Å². The smallest absolute Gasteiger partial charge is 0.407 e. The van der Waals surface area contributed by atoms with Crippen molar-refractivity contribution >= 4 is 6.09 Å². The van der Waals surface area contributed by atoms with Crippen molar-refractivity contribution in [2.75, 3.05) is 19.7 Å². The fourth-order valence-electron chi connectivity index (χ4n) is 1.58. The van der Waals surface area contributed by atoms with Gasteiger partial charge in [-0.1, -0.05) is 0 Å². The lowest BCUT2D eigenvalue weighted by atomic mass is 9.97. The molecule has 0 unspecified atom stereocenters. The van der Waals surface area contributed by atoms with Crippen LogP contribution in [0.3, 0.4) is 0 Å². The van der Waals surface area contributed by atoms with E-state index in [9.17, 15) is 18.0 Å². The number of halogens is 3. The van der Waals surface area contributed by atoms with E-state index in [4.69, 9.17) is 10.2 Å². The van der Waals surface area contributed by atoms with Crippen molar-refractivity contribution in [2.45, 2.75) is 6.18 Å². The maximum atomic E-state index is 12.3. The lowest BCUT2D eigenvalue weighted by molar-refractivity contribution is -0.182. The maximum absolute atomic E-state index is 12.3. The number of hydrogen-bond donors (Lipinski definition) is 2. The summed E-state index contributed by atoms with van der Waals surface area (Å²) in [5.74, 6) is -2.78. The highest BCUT2D eigenvalue weighted by Gasteiger charge is 2.50. The van der Waals surface area contributed by atoms with E-state index in [1.807, 2.05) is 0 Å². The Labute approximate surface area is 77.9 Å². The van der Waals surface area contributed by atoms with Crippen LogP contribution < -0.4 is 0 Å². The summed E-state index contributed by atoms with van der Waals surface area (Å²) in [6.07, 6.45) is -5.83. The Bertz CT molecular complexity index is 231. The van der Waals surface area contributed by atoms with Crippen molar-refractivity contribution in [1.82, 2.24) is 4.90 Å². The zero-order valence-electron chi connectivity index (χ0n) is 7.16. The van der Waals surface area contributed by atoms with Crippen LogP contribution in [0.1, 0.15) is 0 Å². The summed E-state index contributed by atoms with van der Waals surface area (Å²) in [5.41, 5.74) is 0. The molecule has 2 atom stereocenters. The molecule has 0 radical (unpaired) electrons. The molecule has 0 aliphatic carbocycles. The Balaban J connectivity index is 2.73. The molecular weight excluding hydrogens is 203 g/mol. The molecule has 82 valence electrons. The molecule has 14 heavy (non-hydrogen) atoms. The van der Waals surface area contributed by atoms with Gasteiger partial charge in [0.05, 0.1) is 5.92 Å². The minimum atomic E-state index is -4.45. The predicted octanol–water partition coefficient (Wildman–Crippen LogP) is 0.767. The Hall–Kier alpha value is -0.980. The number of alkyl halides is 3. The monoisotopic (exact) mass is 213 g/mol. The number of amides is 1. The maximum Gasteiger partial charge on any atom is 0.407 e. The quantitative estimate of drug-likeness (QED) is 0.676. The van der Waals surface area contributed by atoms with Gasteiger partial charge in [0.25, 0.3) is 0 Å². The predicted molar refractivity (Wildman–Crippen MR) is 39.7 cm³/mol. The fraction of sp³-hybridized carbons (Fsp3) is 0.857. The zero-order valence-corrected chi connectivity index (χ0v) is 7.16. The second kappa shape index (κ2) is 3.64. The first-order valence-corrected chi connectivity index (χ1v) is 4.01. The number of nitrogens with zero attached hydrogens (tertiary/aromatic N) is 1. The molecule has 0 aromatic rings. The highest BCUT2D eigenvalue weighted by Crippen LogP contribution is 2.37. The molecule has 1 rings (SSSR count). The Morgan fingerprint density at radius 2 is 2.00 bits per heavy atom. The first-order chi connectivity index (χ1) is 6.36. The molecule has 1 aliphatic rings. The minimum absolute atomic E-state index is 0.254. The normalized spacial score (nSPS) is 28.1. The Morgan fingerprint density at radius 1 is 1.43 bits per heavy atom. The Kier molecular flexibility index (Phi) is 2.89. The molecule has 1 fully saturated rings. The fourth-order valence-corrected chi connectivity index (χ4v) is 1.58. The van der Waals surface area contributed by atoms with Gasteiger partial charge in [-0.3, -0.25) is 0 Å². The number of hydrogen-bond acceptors (Lipinski definition) is 2. The summed E-state index contributed by atoms with van der Waals surface area (Å²) in [6, 6.07) is 0. The van der Waals surface area contributed by atoms with Gasteiger partial charge in [0.2, 0.25) is 0 Å². The molecule has 0 bridgehead atoms. The van der Waals surface area contributed by atoms with E-state index in [2.05, 4.69) is 0 Å². The van der Waals surface area contributed by atoms with E-state index in [0.29, 0.717) is 4.90 Å². The van der Waals surface area contributed by atoms with Gasteiger partial charge in [0.1, 0.15) is 0 Å². The van der Waals surface area contributed by atoms with Crippen LogP contribution >= 0.6 is 0 Å². The highest BCUT2D eigenvalue weighted by atomic mass is 19.4. The standard InChI is InChI=1S/C7H10F3NO3/c8-7(9,10)5-2-11(6(13)14)1-4(5)3-12/h4-5,12H,1-3H2,(H,13,14)/t4-,5+/m0/s1. The number of carboxylic acid groups (broad SMARTS) is 1. The number of aliphatic hydroxyl groups excluding tert-OH is 1. The van der Waals surface area contributed by atoms with Crippen molar-refractivity contribution in [2.24, 2.45) is 11.8 Å². The first-order valence-electron chi connectivity index (χ1n) is 4.01. The van der Waals surface area contributed by atoms with Gasteiger partial charge < -0.3 is 15.1 Å². The van der Waals surface area contributed by atoms with Crippen LogP contribution in [0, 0.1) is 11.8 Å². The third kappa shape index (κ3) is 2.09. The molecule has 0 spiro atoms. The second-order valence-electron chi connectivity index (χ2n) is 3.28. The van der Waals surface area contributed by atoms with Gasteiger partial charge in [0, 0.05) is 25.6 Å². The molecule has 1 aliphatic heterocycles. The van der Waals surface area contributed by atoms with Crippen molar-refractivity contribution in [3.63, 3.8) is 0 Å². The van der Waals surface area contributed by atoms with Crippen LogP contribution in [-0.4, -0.2) is 47.1 Å². The summed E-state index contributed by atoms with van der Waals surface area (Å²) in [4.78, 5) is 11.1. The van der Waals surface area contributed by atoms with E-state index in [1.54, 1.807) is 0 Å². The summed E-state index contributed by atoms with van der Waals surface area (Å²) >= 11 is 0. The Morgan fingerprint density at radius 3 is 2.29 bits per heavy atom. The molecule has 0 saturated carbocycles. The van der Waals surface area contributed by atoms with Gasteiger partial charge in [-0.25, -0.2) is 4.79 Å². The third-order valence-corrected chi connectivity index (χ3v) is 2.37. The van der Waals surface area contributed by atoms with Gasteiger partial charge in [-0.2, -0.15) is 13.2 Å². The van der Waals surface area contributed by atoms with Crippen LogP contribution in [0.5, 0.6) is 0 Å². The average Bonchev–Trinajstić information content (AvgIpc) is 2.46. The van der Waals surface area contributed by atoms with Gasteiger partial charge in [-0.15, -0.1) is 0 Å². The van der Waals surface area contributed by atoms with Gasteiger partial charge in [-0.05, 0) is 0 Å². The summed E-state index contributed by atoms with van der Waals surface area (Å²) in [5, 5.41) is 17.2. The van der Waals surface area contributed by atoms with E-state index >= 15 is 0 Å². The molecule has 1 amide bonds. The molecule has 2 N–H and O–H groups in total. The average molecular weight is 213 g/mol. The number of rotatable bonds is 1. The van der Waals surface area contributed by atoms with E-state index < -0.39 is 37.3 Å². The van der Waals surface area contributed by atoms with Crippen molar-refractivity contribution < 1.29 is 28.2 Å². The van der Waals surface area contributed by atoms with Crippen LogP contribution in [0.2, 0.25) is 0 Å². The van der Waals surface area contributed by atoms with Gasteiger partial charge in [0.15, 0.2) is 0 Å². The van der Waals surface area contributed by atoms with Crippen molar-refractivity contribution in [3.8, 4) is 0 Å². The molecule has 0 aromatic carbocycles. The zero-order chi connectivity index (χ0) is 10.9. The largest absolute Gasteiger partial charge is 0.465 e. The van der Waals surface area contributed by atoms with E-state index in [-0.39, 0.29) is 6.54 Å². The lowest BCUT2D eigenvalue weighted by Crippen LogP contribution is -2.32.